The topological polar surface area (TPSA) is 94.1 Å². The molecule has 0 bridgehead atoms. The fraction of sp³-hybridized carbons (Fsp3) is 0.211. The first-order valence-corrected chi connectivity index (χ1v) is 10.0. The number of aryl methyl sites for hydroxylation is 1. The molecule has 0 saturated heterocycles. The van der Waals surface area contributed by atoms with Crippen LogP contribution in [0.2, 0.25) is 0 Å². The first-order chi connectivity index (χ1) is 13.1. The molecule has 8 heteroatoms. The highest BCUT2D eigenvalue weighted by Crippen LogP contribution is 2.21. The molecule has 3 heterocycles. The van der Waals surface area contributed by atoms with Gasteiger partial charge in [0.15, 0.2) is 0 Å². The maximum atomic E-state index is 12.3. The van der Waals surface area contributed by atoms with E-state index >= 15 is 0 Å². The largest absolute Gasteiger partial charge is 0.497 e. The van der Waals surface area contributed by atoms with Crippen LogP contribution in [0.25, 0.3) is 11.4 Å². The molecule has 0 fully saturated rings. The lowest BCUT2D eigenvalue weighted by Gasteiger charge is -2.10. The number of sulfonamides is 1. The summed E-state index contributed by atoms with van der Waals surface area (Å²) in [6.07, 6.45) is 3.67. The number of nitrogens with zero attached hydrogens (tertiary/aromatic N) is 3. The molecule has 0 aliphatic heterocycles. The van der Waals surface area contributed by atoms with Crippen molar-refractivity contribution in [3.63, 3.8) is 0 Å². The molecule has 0 spiro atoms. The van der Waals surface area contributed by atoms with Gasteiger partial charge in [0.05, 0.1) is 36.5 Å². The van der Waals surface area contributed by atoms with E-state index in [2.05, 4.69) is 19.7 Å². The van der Waals surface area contributed by atoms with Gasteiger partial charge in [-0.3, -0.25) is 9.97 Å². The molecule has 7 nitrogen and oxygen atoms in total. The molecule has 0 radical (unpaired) electrons. The van der Waals surface area contributed by atoms with Crippen molar-refractivity contribution in [3.05, 3.63) is 72.3 Å². The third-order valence-electron chi connectivity index (χ3n) is 3.84. The van der Waals surface area contributed by atoms with Gasteiger partial charge in [-0.25, -0.2) is 18.1 Å². The maximum absolute atomic E-state index is 12.3. The van der Waals surface area contributed by atoms with Gasteiger partial charge in [-0.1, -0.05) is 12.1 Å². The molecular weight excluding hydrogens is 364 g/mol. The van der Waals surface area contributed by atoms with Crippen LogP contribution in [0.4, 0.5) is 0 Å². The normalized spacial score (nSPS) is 11.3. The minimum absolute atomic E-state index is 0.0406. The minimum atomic E-state index is -3.46. The van der Waals surface area contributed by atoms with Crippen LogP contribution in [0.15, 0.2) is 60.9 Å². The van der Waals surface area contributed by atoms with Crippen molar-refractivity contribution < 1.29 is 13.2 Å². The average molecular weight is 384 g/mol. The van der Waals surface area contributed by atoms with E-state index < -0.39 is 10.0 Å². The summed E-state index contributed by atoms with van der Waals surface area (Å²) in [6, 6.07) is 14.4. The number of ether oxygens (including phenoxy) is 1. The van der Waals surface area contributed by atoms with E-state index in [0.717, 1.165) is 5.69 Å². The van der Waals surface area contributed by atoms with Gasteiger partial charge in [-0.15, -0.1) is 0 Å². The van der Waals surface area contributed by atoms with Crippen molar-refractivity contribution in [3.8, 4) is 17.1 Å². The lowest BCUT2D eigenvalue weighted by atomic mass is 10.2. The van der Waals surface area contributed by atoms with Crippen LogP contribution in [0.3, 0.4) is 0 Å². The van der Waals surface area contributed by atoms with Crippen molar-refractivity contribution in [1.82, 2.24) is 19.7 Å². The van der Waals surface area contributed by atoms with E-state index in [9.17, 15) is 8.42 Å². The number of pyridine rings is 3. The number of hydrogen-bond acceptors (Lipinski definition) is 6. The molecule has 3 rings (SSSR count). The lowest BCUT2D eigenvalue weighted by molar-refractivity contribution is 0.413. The molecule has 27 heavy (non-hydrogen) atoms. The molecule has 0 atom stereocenters. The van der Waals surface area contributed by atoms with Crippen molar-refractivity contribution in [2.24, 2.45) is 0 Å². The fourth-order valence-corrected chi connectivity index (χ4v) is 3.44. The van der Waals surface area contributed by atoms with Crippen molar-refractivity contribution >= 4 is 10.0 Å². The minimum Gasteiger partial charge on any atom is -0.497 e. The Labute approximate surface area is 158 Å². The van der Waals surface area contributed by atoms with Crippen LogP contribution in [0.1, 0.15) is 11.4 Å². The first-order valence-electron chi connectivity index (χ1n) is 8.39. The monoisotopic (exact) mass is 384 g/mol. The zero-order valence-corrected chi connectivity index (χ0v) is 15.7. The fourth-order valence-electron chi connectivity index (χ4n) is 2.45. The molecular formula is C19H20N4O3S. The van der Waals surface area contributed by atoms with E-state index in [4.69, 9.17) is 4.74 Å². The quantitative estimate of drug-likeness (QED) is 0.640. The van der Waals surface area contributed by atoms with Crippen molar-refractivity contribution in [2.75, 3.05) is 12.9 Å². The van der Waals surface area contributed by atoms with Gasteiger partial charge in [-0.2, -0.15) is 0 Å². The Hall–Kier alpha value is -2.84. The molecule has 0 amide bonds. The molecule has 0 unspecified atom stereocenters. The van der Waals surface area contributed by atoms with Gasteiger partial charge >= 0.3 is 0 Å². The molecule has 140 valence electrons. The predicted molar refractivity (Wildman–Crippen MR) is 103 cm³/mol. The van der Waals surface area contributed by atoms with Gasteiger partial charge < -0.3 is 4.74 Å². The molecule has 0 aliphatic carbocycles. The Morgan fingerprint density at radius 3 is 2.41 bits per heavy atom. The van der Waals surface area contributed by atoms with E-state index in [1.165, 1.54) is 0 Å². The second-order valence-electron chi connectivity index (χ2n) is 5.81. The Balaban J connectivity index is 1.69. The molecule has 1 N–H and O–H groups in total. The summed E-state index contributed by atoms with van der Waals surface area (Å²) in [5.74, 6) is 0.550. The molecule has 0 aromatic carbocycles. The second kappa shape index (κ2) is 8.70. The third-order valence-corrected chi connectivity index (χ3v) is 5.17. The highest BCUT2D eigenvalue weighted by Gasteiger charge is 2.13. The Kier molecular flexibility index (Phi) is 6.10. The lowest BCUT2D eigenvalue weighted by Crippen LogP contribution is -2.27. The number of nitrogens with one attached hydrogen (secondary N) is 1. The molecule has 3 aromatic rings. The van der Waals surface area contributed by atoms with Crippen LogP contribution < -0.4 is 9.46 Å². The van der Waals surface area contributed by atoms with Crippen LogP contribution in [-0.2, 0) is 23.0 Å². The summed E-state index contributed by atoms with van der Waals surface area (Å²) < 4.78 is 32.4. The standard InChI is InChI=1S/C19H20N4O3S/c1-26-17-12-16(23-19(13-17)18-7-3-5-10-21-18)14-22-27(24,25)11-8-15-6-2-4-9-20-15/h2-7,9-10,12-13,22H,8,11,14H2,1H3. The Bertz CT molecular complexity index is 980. The highest BCUT2D eigenvalue weighted by atomic mass is 32.2. The maximum Gasteiger partial charge on any atom is 0.212 e. The van der Waals surface area contributed by atoms with E-state index in [1.807, 2.05) is 24.3 Å². The van der Waals surface area contributed by atoms with Crippen LogP contribution >= 0.6 is 0 Å². The highest BCUT2D eigenvalue weighted by molar-refractivity contribution is 7.89. The number of rotatable bonds is 8. The van der Waals surface area contributed by atoms with E-state index in [0.29, 0.717) is 29.3 Å². The summed E-state index contributed by atoms with van der Waals surface area (Å²) in [5.41, 5.74) is 2.60. The van der Waals surface area contributed by atoms with Crippen molar-refractivity contribution in [2.45, 2.75) is 13.0 Å². The SMILES string of the molecule is COc1cc(CNS(=O)(=O)CCc2ccccn2)nc(-c2ccccn2)c1. The smallest absolute Gasteiger partial charge is 0.212 e. The molecule has 3 aromatic heterocycles. The number of hydrogen-bond donors (Lipinski definition) is 1. The van der Waals surface area contributed by atoms with Crippen LogP contribution in [0.5, 0.6) is 5.75 Å². The van der Waals surface area contributed by atoms with Gasteiger partial charge in [0.2, 0.25) is 10.0 Å². The Morgan fingerprint density at radius 2 is 1.74 bits per heavy atom. The van der Waals surface area contributed by atoms with Gasteiger partial charge in [0.1, 0.15) is 5.75 Å². The summed E-state index contributed by atoms with van der Waals surface area (Å²) in [4.78, 5) is 12.9. The summed E-state index contributed by atoms with van der Waals surface area (Å²) in [7, 11) is -1.91. The van der Waals surface area contributed by atoms with Gasteiger partial charge in [-0.05, 0) is 24.3 Å². The Morgan fingerprint density at radius 1 is 0.963 bits per heavy atom. The van der Waals surface area contributed by atoms with Crippen LogP contribution in [-0.4, -0.2) is 36.2 Å². The van der Waals surface area contributed by atoms with Crippen LogP contribution in [0, 0.1) is 0 Å². The third kappa shape index (κ3) is 5.57. The zero-order valence-electron chi connectivity index (χ0n) is 14.9. The summed E-state index contributed by atoms with van der Waals surface area (Å²) in [5, 5.41) is 0. The van der Waals surface area contributed by atoms with E-state index in [-0.39, 0.29) is 12.3 Å². The first kappa shape index (κ1) is 18.9. The second-order valence-corrected chi connectivity index (χ2v) is 7.74. The zero-order chi connectivity index (χ0) is 19.1. The summed E-state index contributed by atoms with van der Waals surface area (Å²) >= 11 is 0. The number of methoxy groups -OCH3 is 1. The average Bonchev–Trinajstić information content (AvgIpc) is 2.72. The number of aromatic nitrogens is 3. The molecule has 0 aliphatic rings. The van der Waals surface area contributed by atoms with Crippen molar-refractivity contribution in [1.29, 1.82) is 0 Å². The predicted octanol–water partition coefficient (Wildman–Crippen LogP) is 2.21. The van der Waals surface area contributed by atoms with E-state index in [1.54, 1.807) is 43.8 Å². The van der Waals surface area contributed by atoms with Gasteiger partial charge in [0.25, 0.3) is 0 Å². The summed E-state index contributed by atoms with van der Waals surface area (Å²) in [6.45, 7) is 0.0710. The van der Waals surface area contributed by atoms with Gasteiger partial charge in [0, 0.05) is 36.6 Å². The molecule has 0 saturated carbocycles.